The number of nitrogens with one attached hydrogen (secondary N) is 1. The quantitative estimate of drug-likeness (QED) is 0.801. The summed E-state index contributed by atoms with van der Waals surface area (Å²) in [6.45, 7) is 6.50. The van der Waals surface area contributed by atoms with E-state index in [0.29, 0.717) is 12.5 Å². The summed E-state index contributed by atoms with van der Waals surface area (Å²) in [5.41, 5.74) is 1.12. The molecular weight excluding hydrogens is 255 g/mol. The van der Waals surface area contributed by atoms with Gasteiger partial charge in [0.1, 0.15) is 5.82 Å². The van der Waals surface area contributed by atoms with Crippen molar-refractivity contribution >= 4 is 0 Å². The number of β-amino-alcohol motifs (C(OH)–C–C–N with tert-alkyl or cyclic N) is 1. The molecule has 1 aromatic rings. The number of aliphatic hydroxyl groups excluding tert-OH is 1. The summed E-state index contributed by atoms with van der Waals surface area (Å²) < 4.78 is 12.8. The van der Waals surface area contributed by atoms with Gasteiger partial charge in [-0.1, -0.05) is 19.1 Å². The molecular formula is C16H25FN2O. The van der Waals surface area contributed by atoms with E-state index in [1.165, 1.54) is 25.0 Å². The Bertz CT molecular complexity index is 390. The maximum absolute atomic E-state index is 12.8. The maximum Gasteiger partial charge on any atom is 0.123 e. The molecule has 0 aromatic heterocycles. The summed E-state index contributed by atoms with van der Waals surface area (Å²) in [6.07, 6.45) is 2.19. The SMILES string of the molecule is CC(CNCC(O)CN1CCCC1)c1ccc(F)cc1. The van der Waals surface area contributed by atoms with Crippen molar-refractivity contribution in [2.75, 3.05) is 32.7 Å². The van der Waals surface area contributed by atoms with Gasteiger partial charge >= 0.3 is 0 Å². The van der Waals surface area contributed by atoms with Crippen molar-refractivity contribution in [1.29, 1.82) is 0 Å². The number of hydrogen-bond acceptors (Lipinski definition) is 3. The molecule has 0 spiro atoms. The molecule has 4 heteroatoms. The molecule has 0 radical (unpaired) electrons. The highest BCUT2D eigenvalue weighted by Crippen LogP contribution is 2.14. The minimum atomic E-state index is -0.312. The molecule has 2 unspecified atom stereocenters. The van der Waals surface area contributed by atoms with Crippen LogP contribution < -0.4 is 5.32 Å². The van der Waals surface area contributed by atoms with Gasteiger partial charge in [-0.25, -0.2) is 4.39 Å². The minimum absolute atomic E-state index is 0.199. The van der Waals surface area contributed by atoms with E-state index >= 15 is 0 Å². The molecule has 2 atom stereocenters. The molecule has 2 N–H and O–H groups in total. The molecule has 1 saturated heterocycles. The normalized spacial score (nSPS) is 19.1. The van der Waals surface area contributed by atoms with E-state index in [9.17, 15) is 9.50 Å². The molecule has 1 heterocycles. The highest BCUT2D eigenvalue weighted by atomic mass is 19.1. The van der Waals surface area contributed by atoms with E-state index in [4.69, 9.17) is 0 Å². The first-order chi connectivity index (χ1) is 9.65. The van der Waals surface area contributed by atoms with E-state index in [1.807, 2.05) is 12.1 Å². The van der Waals surface area contributed by atoms with Crippen LogP contribution in [0.15, 0.2) is 24.3 Å². The van der Waals surface area contributed by atoms with Crippen LogP contribution in [0.1, 0.15) is 31.2 Å². The second-order valence-electron chi connectivity index (χ2n) is 5.77. The van der Waals surface area contributed by atoms with Gasteiger partial charge in [-0.05, 0) is 49.5 Å². The van der Waals surface area contributed by atoms with Crippen LogP contribution in [0.25, 0.3) is 0 Å². The molecule has 1 aliphatic rings. The van der Waals surface area contributed by atoms with Gasteiger partial charge < -0.3 is 15.3 Å². The van der Waals surface area contributed by atoms with Crippen molar-refractivity contribution < 1.29 is 9.50 Å². The second-order valence-corrected chi connectivity index (χ2v) is 5.77. The number of nitrogens with zero attached hydrogens (tertiary/aromatic N) is 1. The van der Waals surface area contributed by atoms with Gasteiger partial charge in [0.15, 0.2) is 0 Å². The zero-order valence-electron chi connectivity index (χ0n) is 12.2. The predicted octanol–water partition coefficient (Wildman–Crippen LogP) is 1.98. The molecule has 0 amide bonds. The van der Waals surface area contributed by atoms with E-state index in [-0.39, 0.29) is 11.9 Å². The third kappa shape index (κ3) is 4.85. The van der Waals surface area contributed by atoms with Gasteiger partial charge in [-0.3, -0.25) is 0 Å². The molecule has 1 fully saturated rings. The van der Waals surface area contributed by atoms with Crippen molar-refractivity contribution in [3.05, 3.63) is 35.6 Å². The van der Waals surface area contributed by atoms with Crippen molar-refractivity contribution in [2.45, 2.75) is 31.8 Å². The van der Waals surface area contributed by atoms with Gasteiger partial charge in [0.05, 0.1) is 6.10 Å². The second kappa shape index (κ2) is 7.72. The van der Waals surface area contributed by atoms with Crippen molar-refractivity contribution in [3.63, 3.8) is 0 Å². The number of hydrogen-bond donors (Lipinski definition) is 2. The lowest BCUT2D eigenvalue weighted by atomic mass is 10.0. The Morgan fingerprint density at radius 2 is 1.85 bits per heavy atom. The average Bonchev–Trinajstić information content (AvgIpc) is 2.92. The fraction of sp³-hybridized carbons (Fsp3) is 0.625. The molecule has 20 heavy (non-hydrogen) atoms. The van der Waals surface area contributed by atoms with Gasteiger partial charge in [0.2, 0.25) is 0 Å². The third-order valence-corrected chi connectivity index (χ3v) is 3.94. The van der Waals surface area contributed by atoms with E-state index in [0.717, 1.165) is 31.7 Å². The molecule has 2 rings (SSSR count). The fourth-order valence-corrected chi connectivity index (χ4v) is 2.70. The van der Waals surface area contributed by atoms with Gasteiger partial charge in [0, 0.05) is 19.6 Å². The van der Waals surface area contributed by atoms with Crippen LogP contribution in [-0.2, 0) is 0 Å². The summed E-state index contributed by atoms with van der Waals surface area (Å²) in [4.78, 5) is 2.32. The molecule has 0 aliphatic carbocycles. The van der Waals surface area contributed by atoms with Crippen molar-refractivity contribution in [2.24, 2.45) is 0 Å². The Hall–Kier alpha value is -0.970. The summed E-state index contributed by atoms with van der Waals surface area (Å²) in [6, 6.07) is 6.63. The van der Waals surface area contributed by atoms with Crippen LogP contribution in [0.2, 0.25) is 0 Å². The minimum Gasteiger partial charge on any atom is -0.390 e. The lowest BCUT2D eigenvalue weighted by Crippen LogP contribution is -2.38. The first-order valence-electron chi connectivity index (χ1n) is 7.52. The third-order valence-electron chi connectivity index (χ3n) is 3.94. The summed E-state index contributed by atoms with van der Waals surface area (Å²) >= 11 is 0. The van der Waals surface area contributed by atoms with Crippen LogP contribution in [0.5, 0.6) is 0 Å². The van der Waals surface area contributed by atoms with Gasteiger partial charge in [0.25, 0.3) is 0 Å². The number of aliphatic hydroxyl groups is 1. The number of benzene rings is 1. The maximum atomic E-state index is 12.8. The Balaban J connectivity index is 1.65. The Kier molecular flexibility index (Phi) is 5.95. The zero-order valence-corrected chi connectivity index (χ0v) is 12.2. The summed E-state index contributed by atoms with van der Waals surface area (Å²) in [7, 11) is 0. The van der Waals surface area contributed by atoms with E-state index < -0.39 is 0 Å². The average molecular weight is 280 g/mol. The van der Waals surface area contributed by atoms with E-state index in [1.54, 1.807) is 0 Å². The van der Waals surface area contributed by atoms with Gasteiger partial charge in [-0.2, -0.15) is 0 Å². The fourth-order valence-electron chi connectivity index (χ4n) is 2.70. The first kappa shape index (κ1) is 15.4. The zero-order chi connectivity index (χ0) is 14.4. The molecule has 3 nitrogen and oxygen atoms in total. The molecule has 1 aromatic carbocycles. The number of halogens is 1. The highest BCUT2D eigenvalue weighted by molar-refractivity contribution is 5.20. The van der Waals surface area contributed by atoms with Crippen LogP contribution in [-0.4, -0.2) is 48.8 Å². The van der Waals surface area contributed by atoms with Gasteiger partial charge in [-0.15, -0.1) is 0 Å². The standard InChI is InChI=1S/C16H25FN2O/c1-13(14-4-6-15(17)7-5-14)10-18-11-16(20)12-19-8-2-3-9-19/h4-7,13,16,18,20H,2-3,8-12H2,1H3. The number of rotatable bonds is 7. The Morgan fingerprint density at radius 1 is 1.20 bits per heavy atom. The van der Waals surface area contributed by atoms with Crippen LogP contribution in [0.4, 0.5) is 4.39 Å². The van der Waals surface area contributed by atoms with Crippen LogP contribution in [0.3, 0.4) is 0 Å². The molecule has 0 saturated carbocycles. The molecule has 112 valence electrons. The van der Waals surface area contributed by atoms with Crippen LogP contribution >= 0.6 is 0 Å². The monoisotopic (exact) mass is 280 g/mol. The smallest absolute Gasteiger partial charge is 0.123 e. The van der Waals surface area contributed by atoms with Crippen molar-refractivity contribution in [3.8, 4) is 0 Å². The lowest BCUT2D eigenvalue weighted by Gasteiger charge is -2.20. The first-order valence-corrected chi connectivity index (χ1v) is 7.52. The highest BCUT2D eigenvalue weighted by Gasteiger charge is 2.15. The summed E-state index contributed by atoms with van der Waals surface area (Å²) in [5, 5.41) is 13.3. The topological polar surface area (TPSA) is 35.5 Å². The van der Waals surface area contributed by atoms with E-state index in [2.05, 4.69) is 17.1 Å². The molecule has 1 aliphatic heterocycles. The van der Waals surface area contributed by atoms with Crippen LogP contribution in [0, 0.1) is 5.82 Å². The molecule has 0 bridgehead atoms. The Morgan fingerprint density at radius 3 is 2.50 bits per heavy atom. The summed E-state index contributed by atoms with van der Waals surface area (Å²) in [5.74, 6) is 0.115. The lowest BCUT2D eigenvalue weighted by molar-refractivity contribution is 0.123. The van der Waals surface area contributed by atoms with Crippen molar-refractivity contribution in [1.82, 2.24) is 10.2 Å². The largest absolute Gasteiger partial charge is 0.390 e. The number of likely N-dealkylation sites (tertiary alicyclic amines) is 1. The predicted molar refractivity (Wildman–Crippen MR) is 79.4 cm³/mol. The Labute approximate surface area is 120 Å².